The minimum atomic E-state index is 0.770. The standard InChI is InChI=1S/C18H18ClN3S/c1-13-2-4-15(5-3-13)12-17-21-18(23-22-17)20-11-10-14-6-8-16(19)9-7-14/h2-9H,10-12H2,1H3,(H,20,21,22). The molecule has 3 rings (SSSR count). The van der Waals surface area contributed by atoms with Gasteiger partial charge >= 0.3 is 0 Å². The molecule has 0 spiro atoms. The topological polar surface area (TPSA) is 37.8 Å². The van der Waals surface area contributed by atoms with Gasteiger partial charge in [0.1, 0.15) is 5.82 Å². The quantitative estimate of drug-likeness (QED) is 0.702. The fraction of sp³-hybridized carbons (Fsp3) is 0.222. The maximum atomic E-state index is 5.89. The van der Waals surface area contributed by atoms with Crippen molar-refractivity contribution in [1.29, 1.82) is 0 Å². The molecule has 1 N–H and O–H groups in total. The Labute approximate surface area is 145 Å². The largest absolute Gasteiger partial charge is 0.360 e. The van der Waals surface area contributed by atoms with E-state index >= 15 is 0 Å². The summed E-state index contributed by atoms with van der Waals surface area (Å²) < 4.78 is 4.42. The van der Waals surface area contributed by atoms with Crippen molar-refractivity contribution in [2.75, 3.05) is 11.9 Å². The Kier molecular flexibility index (Phi) is 5.26. The van der Waals surface area contributed by atoms with E-state index in [4.69, 9.17) is 11.6 Å². The second-order valence-corrected chi connectivity index (χ2v) is 6.67. The Morgan fingerprint density at radius 3 is 2.43 bits per heavy atom. The zero-order chi connectivity index (χ0) is 16.1. The number of nitrogens with zero attached hydrogens (tertiary/aromatic N) is 2. The summed E-state index contributed by atoms with van der Waals surface area (Å²) in [5.41, 5.74) is 3.76. The lowest BCUT2D eigenvalue weighted by atomic mass is 10.1. The lowest BCUT2D eigenvalue weighted by Gasteiger charge is -2.02. The van der Waals surface area contributed by atoms with Crippen molar-refractivity contribution in [3.05, 3.63) is 76.1 Å². The lowest BCUT2D eigenvalue weighted by molar-refractivity contribution is 0.994. The van der Waals surface area contributed by atoms with Crippen molar-refractivity contribution in [2.24, 2.45) is 0 Å². The van der Waals surface area contributed by atoms with Crippen LogP contribution < -0.4 is 5.32 Å². The van der Waals surface area contributed by atoms with Gasteiger partial charge in [0.15, 0.2) is 0 Å². The molecule has 0 aliphatic carbocycles. The highest BCUT2D eigenvalue weighted by atomic mass is 35.5. The Morgan fingerprint density at radius 2 is 1.70 bits per heavy atom. The van der Waals surface area contributed by atoms with Gasteiger partial charge in [-0.25, -0.2) is 4.98 Å². The summed E-state index contributed by atoms with van der Waals surface area (Å²) in [6.07, 6.45) is 1.71. The zero-order valence-corrected chi connectivity index (χ0v) is 14.5. The lowest BCUT2D eigenvalue weighted by Crippen LogP contribution is -2.04. The van der Waals surface area contributed by atoms with E-state index in [1.54, 1.807) is 0 Å². The summed E-state index contributed by atoms with van der Waals surface area (Å²) in [6.45, 7) is 2.92. The van der Waals surface area contributed by atoms with Crippen molar-refractivity contribution < 1.29 is 0 Å². The monoisotopic (exact) mass is 343 g/mol. The molecular weight excluding hydrogens is 326 g/mol. The van der Waals surface area contributed by atoms with Crippen LogP contribution in [0.4, 0.5) is 5.13 Å². The van der Waals surface area contributed by atoms with E-state index < -0.39 is 0 Å². The van der Waals surface area contributed by atoms with E-state index in [9.17, 15) is 0 Å². The van der Waals surface area contributed by atoms with Gasteiger partial charge in [-0.2, -0.15) is 4.37 Å². The maximum absolute atomic E-state index is 5.89. The van der Waals surface area contributed by atoms with E-state index in [-0.39, 0.29) is 0 Å². The third kappa shape index (κ3) is 4.78. The molecule has 0 fully saturated rings. The Balaban J connectivity index is 1.51. The first kappa shape index (κ1) is 16.0. The van der Waals surface area contributed by atoms with Gasteiger partial charge in [-0.15, -0.1) is 0 Å². The molecule has 3 nitrogen and oxygen atoms in total. The average Bonchev–Trinajstić information content (AvgIpc) is 2.99. The molecule has 118 valence electrons. The molecule has 23 heavy (non-hydrogen) atoms. The molecule has 0 atom stereocenters. The van der Waals surface area contributed by atoms with Crippen LogP contribution in [-0.2, 0) is 12.8 Å². The van der Waals surface area contributed by atoms with E-state index in [0.29, 0.717) is 0 Å². The predicted molar refractivity (Wildman–Crippen MR) is 97.5 cm³/mol. The molecular formula is C18H18ClN3S. The van der Waals surface area contributed by atoms with E-state index in [1.807, 2.05) is 24.3 Å². The summed E-state index contributed by atoms with van der Waals surface area (Å²) in [4.78, 5) is 4.55. The molecule has 1 aromatic heterocycles. The van der Waals surface area contributed by atoms with Crippen molar-refractivity contribution in [3.63, 3.8) is 0 Å². The second-order valence-electron chi connectivity index (χ2n) is 5.48. The van der Waals surface area contributed by atoms with Crippen LogP contribution in [0.2, 0.25) is 5.02 Å². The second kappa shape index (κ2) is 7.57. The molecule has 2 aromatic carbocycles. The van der Waals surface area contributed by atoms with Crippen LogP contribution in [0.5, 0.6) is 0 Å². The minimum absolute atomic E-state index is 0.770. The number of anilines is 1. The van der Waals surface area contributed by atoms with Gasteiger partial charge in [-0.1, -0.05) is 53.6 Å². The van der Waals surface area contributed by atoms with Crippen LogP contribution >= 0.6 is 23.1 Å². The summed E-state index contributed by atoms with van der Waals surface area (Å²) in [6, 6.07) is 16.4. The van der Waals surface area contributed by atoms with E-state index in [0.717, 1.165) is 35.4 Å². The number of hydrogen-bond acceptors (Lipinski definition) is 4. The molecule has 3 aromatic rings. The van der Waals surface area contributed by atoms with Crippen LogP contribution in [0.3, 0.4) is 0 Å². The van der Waals surface area contributed by atoms with Crippen LogP contribution in [0.25, 0.3) is 0 Å². The van der Waals surface area contributed by atoms with Gasteiger partial charge in [-0.3, -0.25) is 0 Å². The molecule has 0 amide bonds. The molecule has 1 heterocycles. The molecule has 0 radical (unpaired) electrons. The maximum Gasteiger partial charge on any atom is 0.202 e. The van der Waals surface area contributed by atoms with Gasteiger partial charge in [0.05, 0.1) is 0 Å². The van der Waals surface area contributed by atoms with E-state index in [1.165, 1.54) is 28.2 Å². The van der Waals surface area contributed by atoms with Gasteiger partial charge in [0, 0.05) is 29.5 Å². The zero-order valence-electron chi connectivity index (χ0n) is 12.9. The number of nitrogens with one attached hydrogen (secondary N) is 1. The molecule has 0 saturated carbocycles. The number of aryl methyl sites for hydroxylation is 1. The highest BCUT2D eigenvalue weighted by molar-refractivity contribution is 7.09. The molecule has 0 bridgehead atoms. The number of rotatable bonds is 6. The van der Waals surface area contributed by atoms with Crippen molar-refractivity contribution in [1.82, 2.24) is 9.36 Å². The number of benzene rings is 2. The predicted octanol–water partition coefficient (Wildman–Crippen LogP) is 4.75. The van der Waals surface area contributed by atoms with Crippen LogP contribution in [0.15, 0.2) is 48.5 Å². The normalized spacial score (nSPS) is 10.7. The SMILES string of the molecule is Cc1ccc(Cc2nsc(NCCc3ccc(Cl)cc3)n2)cc1. The van der Waals surface area contributed by atoms with E-state index in [2.05, 4.69) is 45.9 Å². The van der Waals surface area contributed by atoms with Gasteiger partial charge in [0.25, 0.3) is 0 Å². The number of halogens is 1. The highest BCUT2D eigenvalue weighted by Gasteiger charge is 2.05. The van der Waals surface area contributed by atoms with Crippen molar-refractivity contribution >= 4 is 28.3 Å². The highest BCUT2D eigenvalue weighted by Crippen LogP contribution is 2.15. The van der Waals surface area contributed by atoms with Gasteiger partial charge < -0.3 is 5.32 Å². The van der Waals surface area contributed by atoms with Gasteiger partial charge in [-0.05, 0) is 36.6 Å². The first-order valence-electron chi connectivity index (χ1n) is 7.55. The Bertz CT molecular complexity index is 751. The molecule has 0 unspecified atom stereocenters. The fourth-order valence-electron chi connectivity index (χ4n) is 2.25. The summed E-state index contributed by atoms with van der Waals surface area (Å²) in [5.74, 6) is 0.868. The average molecular weight is 344 g/mol. The van der Waals surface area contributed by atoms with Crippen LogP contribution in [0, 0.1) is 6.92 Å². The smallest absolute Gasteiger partial charge is 0.202 e. The fourth-order valence-corrected chi connectivity index (χ4v) is 2.99. The number of hydrogen-bond donors (Lipinski definition) is 1. The third-order valence-electron chi connectivity index (χ3n) is 3.55. The van der Waals surface area contributed by atoms with Crippen molar-refractivity contribution in [3.8, 4) is 0 Å². The van der Waals surface area contributed by atoms with Gasteiger partial charge in [0.2, 0.25) is 5.13 Å². The first-order chi connectivity index (χ1) is 11.2. The molecule has 5 heteroatoms. The first-order valence-corrected chi connectivity index (χ1v) is 8.70. The molecule has 0 aliphatic heterocycles. The molecule has 0 saturated heterocycles. The summed E-state index contributed by atoms with van der Waals surface area (Å²) >= 11 is 7.30. The number of aromatic nitrogens is 2. The minimum Gasteiger partial charge on any atom is -0.360 e. The van der Waals surface area contributed by atoms with Crippen molar-refractivity contribution in [2.45, 2.75) is 19.8 Å². The van der Waals surface area contributed by atoms with Crippen LogP contribution in [0.1, 0.15) is 22.5 Å². The summed E-state index contributed by atoms with van der Waals surface area (Å²) in [5, 5.41) is 4.98. The molecule has 0 aliphatic rings. The Hall–Kier alpha value is -1.91. The summed E-state index contributed by atoms with van der Waals surface area (Å²) in [7, 11) is 0. The third-order valence-corrected chi connectivity index (χ3v) is 4.52. The van der Waals surface area contributed by atoms with Crippen LogP contribution in [-0.4, -0.2) is 15.9 Å². The Morgan fingerprint density at radius 1 is 1.00 bits per heavy atom.